The molecular weight excluding hydrogens is 660 g/mol. The highest BCUT2D eigenvalue weighted by atomic mass is 16.4. The molecule has 0 spiro atoms. The van der Waals surface area contributed by atoms with E-state index in [1.807, 2.05) is 78.9 Å². The molecule has 0 bridgehead atoms. The first-order valence-corrected chi connectivity index (χ1v) is 18.5. The number of rotatable bonds is 7. The molecule has 2 aliphatic carbocycles. The van der Waals surface area contributed by atoms with Crippen molar-refractivity contribution >= 4 is 36.0 Å². The lowest BCUT2D eigenvalue weighted by atomic mass is 10.0. The number of carboxylic acids is 1. The molecule has 7 rings (SSSR count). The fourth-order valence-electron chi connectivity index (χ4n) is 7.78. The van der Waals surface area contributed by atoms with E-state index in [9.17, 15) is 24.3 Å². The minimum atomic E-state index is -1.42. The molecule has 0 unspecified atom stereocenters. The van der Waals surface area contributed by atoms with E-state index in [0.29, 0.717) is 18.7 Å². The zero-order valence-electron chi connectivity index (χ0n) is 29.2. The second kappa shape index (κ2) is 15.5. The minimum Gasteiger partial charge on any atom is -0.479 e. The number of allylic oxidation sites excluding steroid dienone is 1. The van der Waals surface area contributed by atoms with Gasteiger partial charge < -0.3 is 26.0 Å². The first-order chi connectivity index (χ1) is 25.3. The second-order valence-electron chi connectivity index (χ2n) is 14.5. The van der Waals surface area contributed by atoms with Gasteiger partial charge in [-0.2, -0.15) is 4.80 Å². The van der Waals surface area contributed by atoms with Crippen LogP contribution in [0.5, 0.6) is 0 Å². The van der Waals surface area contributed by atoms with Gasteiger partial charge in [0.15, 0.2) is 0 Å². The van der Waals surface area contributed by atoms with E-state index in [2.05, 4.69) is 26.3 Å². The number of carbonyl (C=O) groups is 4. The molecule has 5 atom stereocenters. The van der Waals surface area contributed by atoms with Crippen LogP contribution in [0.3, 0.4) is 0 Å². The van der Waals surface area contributed by atoms with E-state index in [-0.39, 0.29) is 37.3 Å². The van der Waals surface area contributed by atoms with Crippen LogP contribution in [0.4, 0.5) is 4.79 Å². The van der Waals surface area contributed by atoms with E-state index in [1.54, 1.807) is 0 Å². The molecule has 4 N–H and O–H groups in total. The fourth-order valence-corrected chi connectivity index (χ4v) is 7.78. The Morgan fingerprint density at radius 3 is 2.50 bits per heavy atom. The number of urea groups is 1. The molecule has 1 saturated heterocycles. The standard InChI is InChI=1S/C39H46N8O5/c48-35-33-23-30(47-44-34(43-45-47)31-19-12-9-15-27(31)22-21-26-13-5-4-6-14-26)25-46(33)36(49)32(41-38(52)40-29-17-10-11-18-29)20-8-3-1-2-7-16-28-24-39(28,42-35)37(50)51/h4-7,9,12-16,19,21-22,28-30,32-33H,1-3,8,10-11,17-18,20,23-25H2,(H,42,48)(H,50,51)(H2,40,41,52)/t28-,30-,32+,33+,39-/m1/s1. The third-order valence-electron chi connectivity index (χ3n) is 10.8. The van der Waals surface area contributed by atoms with Gasteiger partial charge in [-0.05, 0) is 54.9 Å². The van der Waals surface area contributed by atoms with Crippen LogP contribution in [-0.2, 0) is 14.4 Å². The van der Waals surface area contributed by atoms with Crippen LogP contribution in [0.2, 0.25) is 0 Å². The molecule has 13 heteroatoms. The number of aliphatic carboxylic acids is 1. The highest BCUT2D eigenvalue weighted by Crippen LogP contribution is 2.45. The Hall–Kier alpha value is -5.33. The predicted octanol–water partition coefficient (Wildman–Crippen LogP) is 4.74. The van der Waals surface area contributed by atoms with Crippen molar-refractivity contribution in [1.82, 2.24) is 41.1 Å². The summed E-state index contributed by atoms with van der Waals surface area (Å²) in [4.78, 5) is 57.0. The van der Waals surface area contributed by atoms with E-state index in [0.717, 1.165) is 61.6 Å². The lowest BCUT2D eigenvalue weighted by Gasteiger charge is -2.30. The fraction of sp³-hybridized carbons (Fsp3) is 0.462. The van der Waals surface area contributed by atoms with Gasteiger partial charge in [0.1, 0.15) is 17.6 Å². The number of fused-ring (bicyclic) bond motifs is 2. The summed E-state index contributed by atoms with van der Waals surface area (Å²) in [6.45, 7) is 0.0914. The van der Waals surface area contributed by atoms with Gasteiger partial charge in [0.05, 0.1) is 6.04 Å². The van der Waals surface area contributed by atoms with Crippen LogP contribution in [-0.4, -0.2) is 84.2 Å². The van der Waals surface area contributed by atoms with Crippen molar-refractivity contribution in [2.45, 2.75) is 100 Å². The van der Waals surface area contributed by atoms with Crippen molar-refractivity contribution in [2.75, 3.05) is 6.54 Å². The second-order valence-corrected chi connectivity index (χ2v) is 14.5. The molecule has 1 aromatic heterocycles. The molecule has 2 aliphatic heterocycles. The van der Waals surface area contributed by atoms with Crippen LogP contribution in [0.1, 0.15) is 87.8 Å². The van der Waals surface area contributed by atoms with Gasteiger partial charge in [0, 0.05) is 30.5 Å². The van der Waals surface area contributed by atoms with Crippen molar-refractivity contribution in [3.8, 4) is 11.4 Å². The number of carboxylic acid groups (broad SMARTS) is 1. The number of aromatic nitrogens is 4. The topological polar surface area (TPSA) is 171 Å². The van der Waals surface area contributed by atoms with Gasteiger partial charge in [-0.3, -0.25) is 9.59 Å². The van der Waals surface area contributed by atoms with E-state index < -0.39 is 41.6 Å². The molecule has 3 fully saturated rings. The summed E-state index contributed by atoms with van der Waals surface area (Å²) in [5, 5.41) is 32.5. The van der Waals surface area contributed by atoms with Gasteiger partial charge >= 0.3 is 12.0 Å². The average molecular weight is 707 g/mol. The van der Waals surface area contributed by atoms with Crippen LogP contribution in [0.25, 0.3) is 23.5 Å². The van der Waals surface area contributed by atoms with E-state index in [4.69, 9.17) is 5.10 Å². The highest BCUT2D eigenvalue weighted by Gasteiger charge is 2.61. The van der Waals surface area contributed by atoms with Crippen LogP contribution in [0.15, 0.2) is 66.7 Å². The minimum absolute atomic E-state index is 0.0732. The molecule has 3 heterocycles. The van der Waals surface area contributed by atoms with Crippen molar-refractivity contribution < 1.29 is 24.3 Å². The number of nitrogens with zero attached hydrogens (tertiary/aromatic N) is 5. The Kier molecular flexibility index (Phi) is 10.5. The van der Waals surface area contributed by atoms with Crippen LogP contribution in [0, 0.1) is 5.92 Å². The lowest BCUT2D eigenvalue weighted by Crippen LogP contribution is -2.57. The van der Waals surface area contributed by atoms with Gasteiger partial charge in [0.2, 0.25) is 17.6 Å². The Bertz CT molecular complexity index is 1840. The van der Waals surface area contributed by atoms with Crippen LogP contribution < -0.4 is 16.0 Å². The molecule has 272 valence electrons. The van der Waals surface area contributed by atoms with Crippen molar-refractivity contribution in [2.24, 2.45) is 5.92 Å². The number of tetrazole rings is 1. The van der Waals surface area contributed by atoms with Crippen molar-refractivity contribution in [3.63, 3.8) is 0 Å². The zero-order chi connectivity index (χ0) is 36.1. The first-order valence-electron chi connectivity index (χ1n) is 18.5. The largest absolute Gasteiger partial charge is 0.479 e. The number of carbonyl (C=O) groups excluding carboxylic acids is 3. The lowest BCUT2D eigenvalue weighted by molar-refractivity contribution is -0.145. The summed E-state index contributed by atoms with van der Waals surface area (Å²) in [5.41, 5.74) is 1.30. The quantitative estimate of drug-likeness (QED) is 0.202. The molecule has 0 radical (unpaired) electrons. The maximum absolute atomic E-state index is 14.4. The van der Waals surface area contributed by atoms with E-state index >= 15 is 0 Å². The summed E-state index contributed by atoms with van der Waals surface area (Å²) in [6, 6.07) is 15.0. The number of amides is 4. The molecular formula is C39H46N8O5. The third kappa shape index (κ3) is 7.78. The average Bonchev–Trinajstić information content (AvgIpc) is 3.62. The molecule has 4 aliphatic rings. The number of hydrogen-bond acceptors (Lipinski definition) is 7. The molecule has 4 amide bonds. The monoisotopic (exact) mass is 706 g/mol. The normalized spacial score (nSPS) is 27.0. The zero-order valence-corrected chi connectivity index (χ0v) is 29.2. The first kappa shape index (κ1) is 35.1. The SMILES string of the molecule is O=C(NC1CCCC1)N[C@H]1CCCCCC=C[C@@H]2C[C@@]2(C(=O)O)NC(=O)[C@@H]2C[C@@H](n3nnc(-c4ccccc4C=Cc4ccccc4)n3)CN2C1=O. The number of benzene rings is 2. The van der Waals surface area contributed by atoms with Gasteiger partial charge in [-0.15, -0.1) is 10.2 Å². The Balaban J connectivity index is 1.15. The molecule has 2 aromatic carbocycles. The Labute approximate surface area is 302 Å². The van der Waals surface area contributed by atoms with Gasteiger partial charge in [-0.1, -0.05) is 105 Å². The smallest absolute Gasteiger partial charge is 0.330 e. The van der Waals surface area contributed by atoms with E-state index in [1.165, 1.54) is 9.70 Å². The van der Waals surface area contributed by atoms with Crippen LogP contribution >= 0.6 is 0 Å². The Morgan fingerprint density at radius 1 is 0.923 bits per heavy atom. The maximum Gasteiger partial charge on any atom is 0.330 e. The van der Waals surface area contributed by atoms with Crippen molar-refractivity contribution in [3.05, 3.63) is 77.9 Å². The number of hydrogen-bond donors (Lipinski definition) is 4. The predicted molar refractivity (Wildman–Crippen MR) is 194 cm³/mol. The molecule has 3 aromatic rings. The molecule has 2 saturated carbocycles. The third-order valence-corrected chi connectivity index (χ3v) is 10.8. The summed E-state index contributed by atoms with van der Waals surface area (Å²) in [5.74, 6) is -1.96. The number of nitrogens with one attached hydrogen (secondary N) is 3. The summed E-state index contributed by atoms with van der Waals surface area (Å²) < 4.78 is 0. The van der Waals surface area contributed by atoms with Crippen molar-refractivity contribution in [1.29, 1.82) is 0 Å². The molecule has 13 nitrogen and oxygen atoms in total. The maximum atomic E-state index is 14.4. The summed E-state index contributed by atoms with van der Waals surface area (Å²) in [6.07, 6.45) is 15.8. The Morgan fingerprint density at radius 2 is 1.69 bits per heavy atom. The molecule has 52 heavy (non-hydrogen) atoms. The summed E-state index contributed by atoms with van der Waals surface area (Å²) >= 11 is 0. The highest BCUT2D eigenvalue weighted by molar-refractivity contribution is 5.96. The van der Waals surface area contributed by atoms with Gasteiger partial charge in [0.25, 0.3) is 0 Å². The summed E-state index contributed by atoms with van der Waals surface area (Å²) in [7, 11) is 0. The van der Waals surface area contributed by atoms with Gasteiger partial charge in [-0.25, -0.2) is 9.59 Å².